The Hall–Kier alpha value is -0.850. The van der Waals surface area contributed by atoms with Crippen molar-refractivity contribution in [3.63, 3.8) is 0 Å². The summed E-state index contributed by atoms with van der Waals surface area (Å²) < 4.78 is 0. The van der Waals surface area contributed by atoms with Crippen molar-refractivity contribution >= 4 is 5.84 Å². The van der Waals surface area contributed by atoms with Crippen LogP contribution in [-0.4, -0.2) is 46.1 Å². The number of aliphatic hydroxyl groups is 3. The Kier molecular flexibility index (Phi) is 7.37. The molecule has 194 valence electrons. The van der Waals surface area contributed by atoms with Crippen LogP contribution in [-0.2, 0) is 0 Å². The van der Waals surface area contributed by atoms with Crippen molar-refractivity contribution in [3.05, 3.63) is 0 Å². The fraction of sp³-hybridized carbons (Fsp3) is 0.964. The highest BCUT2D eigenvalue weighted by Gasteiger charge is 2.66. The number of hydrogen-bond acceptors (Lipinski definition) is 6. The largest absolute Gasteiger partial charge is 0.393 e. The number of aliphatic hydroxyl groups excluding tert-OH is 3. The molecule has 6 heteroatoms. The summed E-state index contributed by atoms with van der Waals surface area (Å²) in [4.78, 5) is 4.35. The Morgan fingerprint density at radius 3 is 2.41 bits per heavy atom. The lowest BCUT2D eigenvalue weighted by Gasteiger charge is -2.64. The van der Waals surface area contributed by atoms with Gasteiger partial charge in [-0.2, -0.15) is 5.11 Å². The molecule has 0 saturated heterocycles. The van der Waals surface area contributed by atoms with E-state index in [1.54, 1.807) is 0 Å². The lowest BCUT2D eigenvalue weighted by atomic mass is 9.41. The molecule has 4 aliphatic carbocycles. The average molecular weight is 476 g/mol. The second-order valence-electron chi connectivity index (χ2n) is 12.7. The second-order valence-corrected chi connectivity index (χ2v) is 12.7. The molecule has 5 rings (SSSR count). The zero-order chi connectivity index (χ0) is 23.5. The SMILES string of the molecule is C.CC[C@H]1[C@@H](O)[C@@H]2C(CC[C@]3(C)[C@@H]([C@H](C)CCC4=NCN=N4)[C@@H](O)C[C@@H]23)[C@@]2(C)CC[C@@H](O)C[C@@H]12. The molecule has 0 spiro atoms. The van der Waals surface area contributed by atoms with Crippen molar-refractivity contribution in [1.82, 2.24) is 0 Å². The molecule has 5 aliphatic rings. The molecule has 0 amide bonds. The van der Waals surface area contributed by atoms with Crippen LogP contribution in [0, 0.1) is 52.3 Å². The van der Waals surface area contributed by atoms with Crippen LogP contribution in [0.15, 0.2) is 15.2 Å². The maximum Gasteiger partial charge on any atom is 0.152 e. The molecule has 0 radical (unpaired) electrons. The van der Waals surface area contributed by atoms with E-state index in [9.17, 15) is 15.3 Å². The third kappa shape index (κ3) is 3.91. The van der Waals surface area contributed by atoms with Gasteiger partial charge in [-0.25, -0.2) is 4.99 Å². The molecular weight excluding hydrogens is 426 g/mol. The normalized spacial score (nSPS) is 50.6. The molecule has 4 fully saturated rings. The highest BCUT2D eigenvalue weighted by Crippen LogP contribution is 2.69. The lowest BCUT2D eigenvalue weighted by molar-refractivity contribution is -0.203. The van der Waals surface area contributed by atoms with Gasteiger partial charge in [-0.1, -0.05) is 41.5 Å². The van der Waals surface area contributed by atoms with Crippen molar-refractivity contribution < 1.29 is 15.3 Å². The van der Waals surface area contributed by atoms with Gasteiger partial charge in [-0.15, -0.1) is 5.11 Å². The van der Waals surface area contributed by atoms with Gasteiger partial charge >= 0.3 is 0 Å². The van der Waals surface area contributed by atoms with Crippen molar-refractivity contribution in [3.8, 4) is 0 Å². The monoisotopic (exact) mass is 475 g/mol. The minimum atomic E-state index is -0.317. The van der Waals surface area contributed by atoms with E-state index in [1.807, 2.05) is 0 Å². The molecule has 1 heterocycles. The van der Waals surface area contributed by atoms with E-state index in [0.29, 0.717) is 30.3 Å². The number of rotatable bonds is 5. The van der Waals surface area contributed by atoms with Crippen molar-refractivity contribution in [2.24, 2.45) is 67.5 Å². The fourth-order valence-electron chi connectivity index (χ4n) is 9.97. The number of nitrogens with zero attached hydrogens (tertiary/aromatic N) is 3. The van der Waals surface area contributed by atoms with E-state index >= 15 is 0 Å². The molecule has 4 saturated carbocycles. The average Bonchev–Trinajstić information content (AvgIpc) is 3.38. The Balaban J connectivity index is 0.00000274. The van der Waals surface area contributed by atoms with Gasteiger partial charge in [0.25, 0.3) is 0 Å². The molecule has 6 nitrogen and oxygen atoms in total. The maximum absolute atomic E-state index is 11.8. The fourth-order valence-corrected chi connectivity index (χ4v) is 9.97. The minimum Gasteiger partial charge on any atom is -0.393 e. The standard InChI is InChI=1S/C27H45N3O3.CH4/c1-5-17-19-12-16(31)8-10-26(19,3)18-9-11-27(4)20(23(18)25(17)33)13-21(32)24(27)15(2)6-7-22-28-14-29-30-22;/h15-21,23-25,31-33H,5-14H2,1-4H3;1H4/t15-,16-,17-,18?,19+,20+,21+,23-,24+,25-,26-,27+;/m1./s1. The first-order valence-electron chi connectivity index (χ1n) is 13.7. The molecule has 1 aliphatic heterocycles. The summed E-state index contributed by atoms with van der Waals surface area (Å²) in [5.41, 5.74) is 0.265. The van der Waals surface area contributed by atoms with Crippen molar-refractivity contribution in [2.75, 3.05) is 6.67 Å². The smallest absolute Gasteiger partial charge is 0.152 e. The van der Waals surface area contributed by atoms with Gasteiger partial charge in [0, 0.05) is 6.42 Å². The van der Waals surface area contributed by atoms with E-state index in [-0.39, 0.29) is 54.3 Å². The van der Waals surface area contributed by atoms with Gasteiger partial charge in [0.2, 0.25) is 0 Å². The third-order valence-corrected chi connectivity index (χ3v) is 11.4. The summed E-state index contributed by atoms with van der Waals surface area (Å²) in [5.74, 6) is 3.31. The molecule has 0 aromatic rings. The number of fused-ring (bicyclic) bond motifs is 5. The molecule has 1 unspecified atom stereocenters. The summed E-state index contributed by atoms with van der Waals surface area (Å²) in [6.07, 6.45) is 7.89. The molecule has 12 atom stereocenters. The van der Waals surface area contributed by atoms with Gasteiger partial charge in [-0.3, -0.25) is 0 Å². The van der Waals surface area contributed by atoms with Gasteiger partial charge in [0.1, 0.15) is 5.84 Å². The van der Waals surface area contributed by atoms with Crippen LogP contribution in [0.2, 0.25) is 0 Å². The predicted molar refractivity (Wildman–Crippen MR) is 135 cm³/mol. The lowest BCUT2D eigenvalue weighted by Crippen LogP contribution is -2.62. The molecule has 34 heavy (non-hydrogen) atoms. The second kappa shape index (κ2) is 9.55. The van der Waals surface area contributed by atoms with Crippen molar-refractivity contribution in [2.45, 2.75) is 111 Å². The van der Waals surface area contributed by atoms with Gasteiger partial charge in [0.15, 0.2) is 6.67 Å². The van der Waals surface area contributed by atoms with E-state index in [4.69, 9.17) is 0 Å². The summed E-state index contributed by atoms with van der Waals surface area (Å²) >= 11 is 0. The number of aliphatic imine (C=N–C) groups is 1. The Labute approximate surface area is 206 Å². The Bertz CT molecular complexity index is 802. The Morgan fingerprint density at radius 1 is 1.00 bits per heavy atom. The van der Waals surface area contributed by atoms with E-state index < -0.39 is 0 Å². The molecular formula is C28H49N3O3. The topological polar surface area (TPSA) is 97.8 Å². The van der Waals surface area contributed by atoms with E-state index in [0.717, 1.165) is 63.6 Å². The number of azo groups is 1. The van der Waals surface area contributed by atoms with Crippen LogP contribution >= 0.6 is 0 Å². The summed E-state index contributed by atoms with van der Waals surface area (Å²) in [6.45, 7) is 9.87. The zero-order valence-corrected chi connectivity index (χ0v) is 21.0. The summed E-state index contributed by atoms with van der Waals surface area (Å²) in [5, 5.41) is 41.8. The van der Waals surface area contributed by atoms with Gasteiger partial charge < -0.3 is 15.3 Å². The van der Waals surface area contributed by atoms with Crippen LogP contribution < -0.4 is 0 Å². The maximum atomic E-state index is 11.8. The zero-order valence-electron chi connectivity index (χ0n) is 21.0. The highest BCUT2D eigenvalue weighted by molar-refractivity contribution is 5.83. The van der Waals surface area contributed by atoms with E-state index in [2.05, 4.69) is 42.9 Å². The summed E-state index contributed by atoms with van der Waals surface area (Å²) in [6, 6.07) is 0. The number of amidine groups is 1. The first kappa shape index (κ1) is 26.2. The Morgan fingerprint density at radius 2 is 1.74 bits per heavy atom. The highest BCUT2D eigenvalue weighted by atomic mass is 16.3. The molecule has 3 N–H and O–H groups in total. The van der Waals surface area contributed by atoms with Crippen LogP contribution in [0.25, 0.3) is 0 Å². The molecule has 0 aromatic heterocycles. The van der Waals surface area contributed by atoms with Crippen LogP contribution in [0.3, 0.4) is 0 Å². The van der Waals surface area contributed by atoms with Gasteiger partial charge in [-0.05, 0) is 97.2 Å². The first-order chi connectivity index (χ1) is 15.7. The molecule has 0 bridgehead atoms. The predicted octanol–water partition coefficient (Wildman–Crippen LogP) is 5.46. The third-order valence-electron chi connectivity index (χ3n) is 11.4. The van der Waals surface area contributed by atoms with Gasteiger partial charge in [0.05, 0.1) is 18.3 Å². The first-order valence-corrected chi connectivity index (χ1v) is 13.7. The quantitative estimate of drug-likeness (QED) is 0.492. The van der Waals surface area contributed by atoms with Crippen LogP contribution in [0.5, 0.6) is 0 Å². The van der Waals surface area contributed by atoms with Crippen LogP contribution in [0.4, 0.5) is 0 Å². The van der Waals surface area contributed by atoms with Crippen LogP contribution in [0.1, 0.15) is 92.9 Å². The summed E-state index contributed by atoms with van der Waals surface area (Å²) in [7, 11) is 0. The number of hydrogen-bond donors (Lipinski definition) is 3. The van der Waals surface area contributed by atoms with E-state index in [1.165, 1.54) is 0 Å². The molecule has 0 aromatic carbocycles. The van der Waals surface area contributed by atoms with Crippen molar-refractivity contribution in [1.29, 1.82) is 0 Å². The minimum absolute atomic E-state index is 0.